The quantitative estimate of drug-likeness (QED) is 0.670. The molecule has 0 saturated carbocycles. The van der Waals surface area contributed by atoms with Gasteiger partial charge in [0.25, 0.3) is 11.5 Å². The van der Waals surface area contributed by atoms with Crippen LogP contribution in [-0.2, 0) is 0 Å². The van der Waals surface area contributed by atoms with Crippen molar-refractivity contribution < 1.29 is 14.3 Å². The van der Waals surface area contributed by atoms with E-state index >= 15 is 0 Å². The number of hydrogen-bond acceptors (Lipinski definition) is 4. The number of aliphatic hydroxyl groups is 1. The number of aromatic nitrogens is 2. The van der Waals surface area contributed by atoms with Crippen LogP contribution in [0.4, 0.5) is 4.39 Å². The molecule has 0 radical (unpaired) electrons. The van der Waals surface area contributed by atoms with Crippen LogP contribution in [0.5, 0.6) is 0 Å². The first-order chi connectivity index (χ1) is 13.8. The molecule has 0 bridgehead atoms. The molecule has 3 aromatic rings. The molecular formula is C21H19ClFN3O3. The Balaban J connectivity index is 2.17. The van der Waals surface area contributed by atoms with E-state index in [9.17, 15) is 19.1 Å². The predicted octanol–water partition coefficient (Wildman–Crippen LogP) is 3.19. The first kappa shape index (κ1) is 20.7. The summed E-state index contributed by atoms with van der Waals surface area (Å²) in [6.45, 7) is 3.15. The number of carbonyl (C=O) groups excluding carboxylic acids is 1. The van der Waals surface area contributed by atoms with Gasteiger partial charge in [0.2, 0.25) is 0 Å². The first-order valence-electron chi connectivity index (χ1n) is 8.91. The molecule has 0 aliphatic heterocycles. The van der Waals surface area contributed by atoms with Crippen LogP contribution >= 0.6 is 11.6 Å². The van der Waals surface area contributed by atoms with Crippen molar-refractivity contribution >= 4 is 17.5 Å². The Hall–Kier alpha value is -3.03. The van der Waals surface area contributed by atoms with Crippen LogP contribution in [-0.4, -0.2) is 32.9 Å². The molecule has 1 amide bonds. The van der Waals surface area contributed by atoms with Crippen LogP contribution in [0, 0.1) is 5.82 Å². The summed E-state index contributed by atoms with van der Waals surface area (Å²) in [5, 5.41) is 17.1. The van der Waals surface area contributed by atoms with Gasteiger partial charge in [-0.25, -0.2) is 4.39 Å². The molecule has 0 aliphatic carbocycles. The van der Waals surface area contributed by atoms with Crippen molar-refractivity contribution in [1.29, 1.82) is 0 Å². The first-order valence-corrected chi connectivity index (χ1v) is 9.29. The van der Waals surface area contributed by atoms with Crippen LogP contribution < -0.4 is 10.9 Å². The Kier molecular flexibility index (Phi) is 6.10. The minimum absolute atomic E-state index is 0.179. The standard InChI is InChI=1S/C21H19ClFN3O3/c1-12(13(2)27)24-20(28)18-11-19(14-6-8-15(22)9-7-14)25-26(21(18)29)17-5-3-4-16(23)10-17/h3-13,27H,1-2H3,(H,24,28)/t12-,13?/m1/s1. The van der Waals surface area contributed by atoms with Crippen LogP contribution in [0.1, 0.15) is 24.2 Å². The molecule has 0 aliphatic rings. The number of nitrogens with zero attached hydrogens (tertiary/aromatic N) is 2. The summed E-state index contributed by atoms with van der Waals surface area (Å²) in [5.41, 5.74) is 0.256. The van der Waals surface area contributed by atoms with Gasteiger partial charge >= 0.3 is 0 Å². The summed E-state index contributed by atoms with van der Waals surface area (Å²) in [7, 11) is 0. The average molecular weight is 416 g/mol. The van der Waals surface area contributed by atoms with E-state index in [1.807, 2.05) is 0 Å². The molecule has 2 atom stereocenters. The van der Waals surface area contributed by atoms with Crippen molar-refractivity contribution in [3.63, 3.8) is 0 Å². The van der Waals surface area contributed by atoms with Crippen LogP contribution in [0.15, 0.2) is 59.4 Å². The molecule has 6 nitrogen and oxygen atoms in total. The molecule has 2 N–H and O–H groups in total. The lowest BCUT2D eigenvalue weighted by atomic mass is 10.1. The molecular weight excluding hydrogens is 397 g/mol. The van der Waals surface area contributed by atoms with Crippen molar-refractivity contribution in [3.8, 4) is 16.9 Å². The molecule has 1 heterocycles. The zero-order valence-electron chi connectivity index (χ0n) is 15.8. The second-order valence-corrected chi connectivity index (χ2v) is 7.09. The lowest BCUT2D eigenvalue weighted by Gasteiger charge is -2.17. The van der Waals surface area contributed by atoms with Gasteiger partial charge < -0.3 is 10.4 Å². The van der Waals surface area contributed by atoms with E-state index in [2.05, 4.69) is 10.4 Å². The number of carbonyl (C=O) groups is 1. The summed E-state index contributed by atoms with van der Waals surface area (Å²) in [6, 6.07) is 12.9. The molecule has 1 aromatic heterocycles. The number of nitrogens with one attached hydrogen (secondary N) is 1. The van der Waals surface area contributed by atoms with Gasteiger partial charge in [0, 0.05) is 10.6 Å². The Morgan fingerprint density at radius 2 is 1.86 bits per heavy atom. The molecule has 29 heavy (non-hydrogen) atoms. The zero-order valence-corrected chi connectivity index (χ0v) is 16.5. The summed E-state index contributed by atoms with van der Waals surface area (Å²) >= 11 is 5.93. The van der Waals surface area contributed by atoms with Gasteiger partial charge in [0.15, 0.2) is 0 Å². The number of rotatable bonds is 5. The normalized spacial score (nSPS) is 13.0. The highest BCUT2D eigenvalue weighted by Crippen LogP contribution is 2.20. The van der Waals surface area contributed by atoms with E-state index in [4.69, 9.17) is 11.6 Å². The molecule has 150 valence electrons. The number of hydrogen-bond donors (Lipinski definition) is 2. The summed E-state index contributed by atoms with van der Waals surface area (Å²) in [4.78, 5) is 25.7. The average Bonchev–Trinajstić information content (AvgIpc) is 2.68. The molecule has 1 unspecified atom stereocenters. The van der Waals surface area contributed by atoms with Gasteiger partial charge in [-0.1, -0.05) is 29.8 Å². The van der Waals surface area contributed by atoms with Crippen molar-refractivity contribution in [3.05, 3.63) is 81.4 Å². The largest absolute Gasteiger partial charge is 0.391 e. The van der Waals surface area contributed by atoms with E-state index in [1.165, 1.54) is 31.2 Å². The molecule has 8 heteroatoms. The van der Waals surface area contributed by atoms with E-state index in [0.29, 0.717) is 16.3 Å². The third-order valence-electron chi connectivity index (χ3n) is 4.43. The van der Waals surface area contributed by atoms with Crippen molar-refractivity contribution in [2.75, 3.05) is 0 Å². The fraction of sp³-hybridized carbons (Fsp3) is 0.190. The van der Waals surface area contributed by atoms with Crippen molar-refractivity contribution in [2.24, 2.45) is 0 Å². The minimum Gasteiger partial charge on any atom is -0.391 e. The SMILES string of the molecule is CC(O)[C@@H](C)NC(=O)c1cc(-c2ccc(Cl)cc2)nn(-c2cccc(F)c2)c1=O. The van der Waals surface area contributed by atoms with E-state index in [0.717, 1.165) is 10.7 Å². The second-order valence-electron chi connectivity index (χ2n) is 6.65. The van der Waals surface area contributed by atoms with Gasteiger partial charge in [0.05, 0.1) is 23.5 Å². The number of aliphatic hydroxyl groups excluding tert-OH is 1. The Labute approximate surface area is 171 Å². The topological polar surface area (TPSA) is 84.2 Å². The zero-order chi connectivity index (χ0) is 21.1. The molecule has 0 spiro atoms. The van der Waals surface area contributed by atoms with Crippen LogP contribution in [0.25, 0.3) is 16.9 Å². The van der Waals surface area contributed by atoms with Crippen LogP contribution in [0.2, 0.25) is 5.02 Å². The number of amides is 1. The van der Waals surface area contributed by atoms with Crippen molar-refractivity contribution in [1.82, 2.24) is 15.1 Å². The smallest absolute Gasteiger partial charge is 0.284 e. The lowest BCUT2D eigenvalue weighted by Crippen LogP contribution is -2.42. The highest BCUT2D eigenvalue weighted by molar-refractivity contribution is 6.30. The van der Waals surface area contributed by atoms with Gasteiger partial charge in [-0.05, 0) is 50.2 Å². The summed E-state index contributed by atoms with van der Waals surface area (Å²) < 4.78 is 14.7. The molecule has 0 saturated heterocycles. The molecule has 2 aromatic carbocycles. The fourth-order valence-corrected chi connectivity index (χ4v) is 2.73. The van der Waals surface area contributed by atoms with Crippen molar-refractivity contribution in [2.45, 2.75) is 26.0 Å². The Morgan fingerprint density at radius 3 is 2.48 bits per heavy atom. The second kappa shape index (κ2) is 8.55. The highest BCUT2D eigenvalue weighted by Gasteiger charge is 2.20. The Morgan fingerprint density at radius 1 is 1.17 bits per heavy atom. The minimum atomic E-state index is -0.804. The van der Waals surface area contributed by atoms with E-state index in [1.54, 1.807) is 31.2 Å². The summed E-state index contributed by atoms with van der Waals surface area (Å²) in [5.74, 6) is -1.20. The molecule has 0 fully saturated rings. The third kappa shape index (κ3) is 4.70. The summed E-state index contributed by atoms with van der Waals surface area (Å²) in [6.07, 6.45) is -0.804. The monoisotopic (exact) mass is 415 g/mol. The fourth-order valence-electron chi connectivity index (χ4n) is 2.61. The third-order valence-corrected chi connectivity index (χ3v) is 4.68. The van der Waals surface area contributed by atoms with E-state index in [-0.39, 0.29) is 11.3 Å². The van der Waals surface area contributed by atoms with E-state index < -0.39 is 29.4 Å². The maximum Gasteiger partial charge on any atom is 0.284 e. The molecule has 3 rings (SSSR count). The Bertz CT molecular complexity index is 1100. The van der Waals surface area contributed by atoms with Crippen LogP contribution in [0.3, 0.4) is 0 Å². The lowest BCUT2D eigenvalue weighted by molar-refractivity contribution is 0.0871. The number of benzene rings is 2. The predicted molar refractivity (Wildman–Crippen MR) is 109 cm³/mol. The highest BCUT2D eigenvalue weighted by atomic mass is 35.5. The maximum absolute atomic E-state index is 13.7. The number of halogens is 2. The maximum atomic E-state index is 13.7. The van der Waals surface area contributed by atoms with Gasteiger partial charge in [0.1, 0.15) is 11.4 Å². The van der Waals surface area contributed by atoms with Gasteiger partial charge in [-0.3, -0.25) is 9.59 Å². The van der Waals surface area contributed by atoms with Gasteiger partial charge in [-0.2, -0.15) is 9.78 Å². The van der Waals surface area contributed by atoms with Gasteiger partial charge in [-0.15, -0.1) is 0 Å².